The molecular weight excluding hydrogens is 373 g/mol. The molecule has 2 aliphatic rings. The number of aliphatic hydroxyl groups excluding tert-OH is 1. The summed E-state index contributed by atoms with van der Waals surface area (Å²) >= 11 is 0. The Hall–Kier alpha value is -1.67. The van der Waals surface area contributed by atoms with Crippen molar-refractivity contribution in [2.75, 3.05) is 20.1 Å². The molecule has 7 heteroatoms. The Bertz CT molecular complexity index is 513. The predicted octanol–water partition coefficient (Wildman–Crippen LogP) is 2.36. The van der Waals surface area contributed by atoms with Crippen molar-refractivity contribution >= 4 is 12.3 Å². The Kier molecular flexibility index (Phi) is 17.3. The maximum atomic E-state index is 10.4. The molecule has 2 unspecified atom stereocenters. The highest BCUT2D eigenvalue weighted by atomic mass is 19.1. The highest BCUT2D eigenvalue weighted by molar-refractivity contribution is 5.64. The van der Waals surface area contributed by atoms with Gasteiger partial charge in [0.05, 0.1) is 12.6 Å². The normalized spacial score (nSPS) is 18.0. The minimum absolute atomic E-state index is 0.140. The number of hydrogen-bond donors (Lipinski definition) is 4. The number of rotatable bonds is 7. The summed E-state index contributed by atoms with van der Waals surface area (Å²) in [6, 6.07) is 9.87. The maximum absolute atomic E-state index is 10.4. The minimum atomic E-state index is -1.33. The van der Waals surface area contributed by atoms with Crippen LogP contribution < -0.4 is 16.0 Å². The molecule has 2 fully saturated rings. The van der Waals surface area contributed by atoms with Crippen LogP contribution in [-0.4, -0.2) is 55.7 Å². The van der Waals surface area contributed by atoms with E-state index in [0.29, 0.717) is 6.04 Å². The number of aldehydes is 1. The van der Waals surface area contributed by atoms with Crippen LogP contribution in [0, 0.1) is 0 Å². The first kappa shape index (κ1) is 27.3. The Morgan fingerprint density at radius 1 is 1.31 bits per heavy atom. The summed E-state index contributed by atoms with van der Waals surface area (Å²) in [5.41, 5.74) is 0.965. The van der Waals surface area contributed by atoms with Crippen LogP contribution >= 0.6 is 0 Å². The average molecular weight is 412 g/mol. The summed E-state index contributed by atoms with van der Waals surface area (Å²) in [6.07, 6.45) is 7.16. The summed E-state index contributed by atoms with van der Waals surface area (Å²) < 4.78 is 10.4. The number of nitrogens with one attached hydrogen (secondary N) is 3. The second-order valence-corrected chi connectivity index (χ2v) is 7.03. The van der Waals surface area contributed by atoms with E-state index in [4.69, 9.17) is 9.90 Å². The molecule has 4 N–H and O–H groups in total. The standard InChI is InChI=1S/C8H18N2.C7H8O.C5H9NO.C2H3FO/c1-3-7(9-2)6-10-8-4-5-8;8-6-7-4-2-1-3-5-7;7-4-5-2-1-3-6-5;1-2(3)4/h7-10H,3-6H2,1-2H3;1-5,8H,6H2;4-6H,1-3H2;1H3. The zero-order valence-electron chi connectivity index (χ0n) is 18.0. The average Bonchev–Trinajstić information content (AvgIpc) is 3.41. The summed E-state index contributed by atoms with van der Waals surface area (Å²) in [7, 11) is 2.03. The minimum Gasteiger partial charge on any atom is -0.392 e. The molecule has 1 aliphatic heterocycles. The van der Waals surface area contributed by atoms with E-state index in [1.807, 2.05) is 37.4 Å². The number of carbonyl (C=O) groups excluding carboxylic acids is 2. The third kappa shape index (κ3) is 18.1. The zero-order valence-corrected chi connectivity index (χ0v) is 18.0. The van der Waals surface area contributed by atoms with Crippen molar-refractivity contribution in [3.8, 4) is 0 Å². The maximum Gasteiger partial charge on any atom is 0.298 e. The fourth-order valence-corrected chi connectivity index (χ4v) is 2.46. The predicted molar refractivity (Wildman–Crippen MR) is 115 cm³/mol. The molecule has 0 bridgehead atoms. The highest BCUT2D eigenvalue weighted by Gasteiger charge is 2.20. The first-order valence-corrected chi connectivity index (χ1v) is 10.4. The lowest BCUT2D eigenvalue weighted by Gasteiger charge is -2.13. The molecule has 1 aromatic carbocycles. The van der Waals surface area contributed by atoms with Crippen LogP contribution in [-0.2, 0) is 16.2 Å². The quantitative estimate of drug-likeness (QED) is 0.407. The van der Waals surface area contributed by atoms with Gasteiger partial charge in [-0.3, -0.25) is 4.79 Å². The van der Waals surface area contributed by atoms with E-state index < -0.39 is 6.04 Å². The molecule has 1 heterocycles. The van der Waals surface area contributed by atoms with Crippen molar-refractivity contribution < 1.29 is 19.1 Å². The van der Waals surface area contributed by atoms with Gasteiger partial charge in [-0.25, -0.2) is 0 Å². The molecule has 0 radical (unpaired) electrons. The molecular formula is C22H38FN3O3. The topological polar surface area (TPSA) is 90.5 Å². The van der Waals surface area contributed by atoms with Gasteiger partial charge in [-0.1, -0.05) is 37.3 Å². The van der Waals surface area contributed by atoms with E-state index in [2.05, 4.69) is 22.9 Å². The Morgan fingerprint density at radius 3 is 2.24 bits per heavy atom. The van der Waals surface area contributed by atoms with Gasteiger partial charge in [-0.05, 0) is 51.3 Å². The van der Waals surface area contributed by atoms with Gasteiger partial charge < -0.3 is 25.9 Å². The van der Waals surface area contributed by atoms with Gasteiger partial charge in [0.2, 0.25) is 0 Å². The van der Waals surface area contributed by atoms with E-state index in [1.54, 1.807) is 0 Å². The number of hydrogen-bond acceptors (Lipinski definition) is 6. The van der Waals surface area contributed by atoms with Gasteiger partial charge in [0.25, 0.3) is 6.04 Å². The molecule has 0 amide bonds. The lowest BCUT2D eigenvalue weighted by atomic mass is 10.2. The monoisotopic (exact) mass is 411 g/mol. The lowest BCUT2D eigenvalue weighted by Crippen LogP contribution is -2.36. The van der Waals surface area contributed by atoms with E-state index in [-0.39, 0.29) is 12.6 Å². The molecule has 2 atom stereocenters. The molecule has 6 nitrogen and oxygen atoms in total. The van der Waals surface area contributed by atoms with Gasteiger partial charge in [0.1, 0.15) is 6.29 Å². The van der Waals surface area contributed by atoms with Crippen molar-refractivity contribution in [1.82, 2.24) is 16.0 Å². The largest absolute Gasteiger partial charge is 0.392 e. The number of likely N-dealkylation sites (N-methyl/N-ethyl adjacent to an activating group) is 1. The van der Waals surface area contributed by atoms with Gasteiger partial charge in [-0.2, -0.15) is 4.39 Å². The second kappa shape index (κ2) is 18.4. The first-order valence-electron chi connectivity index (χ1n) is 10.4. The van der Waals surface area contributed by atoms with Crippen LogP contribution in [0.15, 0.2) is 30.3 Å². The fourth-order valence-electron chi connectivity index (χ4n) is 2.46. The number of benzene rings is 1. The van der Waals surface area contributed by atoms with Crippen LogP contribution in [0.4, 0.5) is 4.39 Å². The Balaban J connectivity index is 0.000000377. The molecule has 0 spiro atoms. The molecule has 166 valence electrons. The molecule has 1 aliphatic carbocycles. The van der Waals surface area contributed by atoms with Gasteiger partial charge in [0, 0.05) is 25.6 Å². The van der Waals surface area contributed by atoms with E-state index in [9.17, 15) is 9.18 Å². The Morgan fingerprint density at radius 2 is 1.93 bits per heavy atom. The van der Waals surface area contributed by atoms with Crippen LogP contribution in [0.2, 0.25) is 0 Å². The molecule has 1 saturated heterocycles. The van der Waals surface area contributed by atoms with Crippen LogP contribution in [0.5, 0.6) is 0 Å². The number of aliphatic hydroxyl groups is 1. The highest BCUT2D eigenvalue weighted by Crippen LogP contribution is 2.18. The molecule has 1 saturated carbocycles. The molecule has 29 heavy (non-hydrogen) atoms. The van der Waals surface area contributed by atoms with Crippen molar-refractivity contribution in [2.24, 2.45) is 0 Å². The number of carbonyl (C=O) groups is 2. The third-order valence-electron chi connectivity index (χ3n) is 4.42. The summed E-state index contributed by atoms with van der Waals surface area (Å²) in [6.45, 7) is 5.37. The summed E-state index contributed by atoms with van der Waals surface area (Å²) in [5, 5.41) is 18.3. The summed E-state index contributed by atoms with van der Waals surface area (Å²) in [4.78, 5) is 18.7. The van der Waals surface area contributed by atoms with Gasteiger partial charge in [0.15, 0.2) is 0 Å². The van der Waals surface area contributed by atoms with Crippen molar-refractivity contribution in [3.63, 3.8) is 0 Å². The van der Waals surface area contributed by atoms with E-state index in [1.165, 1.54) is 19.3 Å². The van der Waals surface area contributed by atoms with Gasteiger partial charge in [-0.15, -0.1) is 0 Å². The van der Waals surface area contributed by atoms with Crippen molar-refractivity contribution in [2.45, 2.75) is 70.7 Å². The van der Waals surface area contributed by atoms with Crippen molar-refractivity contribution in [3.05, 3.63) is 35.9 Å². The molecule has 3 rings (SSSR count). The first-order chi connectivity index (χ1) is 14.0. The zero-order chi connectivity index (χ0) is 21.9. The third-order valence-corrected chi connectivity index (χ3v) is 4.42. The molecule has 0 aromatic heterocycles. The van der Waals surface area contributed by atoms with Gasteiger partial charge >= 0.3 is 0 Å². The number of halogens is 1. The van der Waals surface area contributed by atoms with Crippen LogP contribution in [0.3, 0.4) is 0 Å². The smallest absolute Gasteiger partial charge is 0.298 e. The van der Waals surface area contributed by atoms with E-state index >= 15 is 0 Å². The lowest BCUT2D eigenvalue weighted by molar-refractivity contribution is -0.126. The van der Waals surface area contributed by atoms with Crippen molar-refractivity contribution in [1.29, 1.82) is 0 Å². The van der Waals surface area contributed by atoms with Crippen LogP contribution in [0.1, 0.15) is 51.5 Å². The Labute approximate surface area is 174 Å². The SMILES string of the molecule is CC(=O)F.CCC(CNC1CC1)NC.O=CC1CCCN1.OCc1ccccc1. The van der Waals surface area contributed by atoms with Crippen LogP contribution in [0.25, 0.3) is 0 Å². The summed E-state index contributed by atoms with van der Waals surface area (Å²) in [5.74, 6) is 0. The molecule has 1 aromatic rings. The fraction of sp³-hybridized carbons (Fsp3) is 0.636. The second-order valence-electron chi connectivity index (χ2n) is 7.03. The van der Waals surface area contributed by atoms with E-state index in [0.717, 1.165) is 50.7 Å².